The second kappa shape index (κ2) is 51.1. The zero-order chi connectivity index (χ0) is 58.1. The Kier molecular flexibility index (Phi) is 47.2. The van der Waals surface area contributed by atoms with E-state index in [1.807, 2.05) is 6.08 Å². The molecule has 12 atom stereocenters. The van der Waals surface area contributed by atoms with E-state index in [1.165, 1.54) is 161 Å². The molecule has 2 aliphatic rings. The molecule has 2 rings (SSSR count). The highest BCUT2D eigenvalue weighted by molar-refractivity contribution is 5.76. The molecule has 0 saturated carbocycles. The summed E-state index contributed by atoms with van der Waals surface area (Å²) in [5, 5.41) is 87.3. The van der Waals surface area contributed by atoms with Crippen LogP contribution in [0.4, 0.5) is 0 Å². The SMILES string of the molecule is CC/C=C\C/C=C\C/C=C\C/C=C\CCCCCCCCCCCCC(=O)NC(COC1OC(CO)C(OC2OC(CO)C(O)C(O)C2O)C(O)C1O)C(O)/C=C/CCCCCCCCCCCCCCCCCCCCCCC. The number of ether oxygens (including phenoxy) is 4. The first-order valence-corrected chi connectivity index (χ1v) is 32.5. The Morgan fingerprint density at radius 2 is 0.863 bits per heavy atom. The average Bonchev–Trinajstić information content (AvgIpc) is 3.46. The fourth-order valence-corrected chi connectivity index (χ4v) is 10.5. The Morgan fingerprint density at radius 1 is 0.463 bits per heavy atom. The molecule has 0 aromatic heterocycles. The van der Waals surface area contributed by atoms with E-state index >= 15 is 0 Å². The van der Waals surface area contributed by atoms with E-state index in [9.17, 15) is 45.6 Å². The van der Waals surface area contributed by atoms with E-state index in [1.54, 1.807) is 6.08 Å². The van der Waals surface area contributed by atoms with Crippen LogP contribution in [0, 0.1) is 0 Å². The molecule has 2 fully saturated rings. The van der Waals surface area contributed by atoms with Crippen molar-refractivity contribution in [1.29, 1.82) is 0 Å². The molecule has 2 heterocycles. The van der Waals surface area contributed by atoms with Crippen LogP contribution in [0.5, 0.6) is 0 Å². The number of hydrogen-bond donors (Lipinski definition) is 9. The minimum Gasteiger partial charge on any atom is -0.394 e. The molecule has 0 aliphatic carbocycles. The molecule has 14 heteroatoms. The van der Waals surface area contributed by atoms with Crippen LogP contribution in [-0.2, 0) is 23.7 Å². The second-order valence-electron chi connectivity index (χ2n) is 22.9. The molecule has 12 unspecified atom stereocenters. The fourth-order valence-electron chi connectivity index (χ4n) is 10.5. The van der Waals surface area contributed by atoms with Crippen LogP contribution in [0.2, 0.25) is 0 Å². The van der Waals surface area contributed by atoms with Crippen LogP contribution < -0.4 is 5.32 Å². The third-order valence-corrected chi connectivity index (χ3v) is 15.7. The van der Waals surface area contributed by atoms with Gasteiger partial charge in [-0.15, -0.1) is 0 Å². The molecule has 0 bridgehead atoms. The lowest BCUT2D eigenvalue weighted by Gasteiger charge is -2.46. The van der Waals surface area contributed by atoms with Gasteiger partial charge in [0.15, 0.2) is 12.6 Å². The number of aliphatic hydroxyl groups excluding tert-OH is 8. The summed E-state index contributed by atoms with van der Waals surface area (Å²) >= 11 is 0. The third kappa shape index (κ3) is 35.7. The molecule has 14 nitrogen and oxygen atoms in total. The van der Waals surface area contributed by atoms with Crippen molar-refractivity contribution >= 4 is 5.91 Å². The summed E-state index contributed by atoms with van der Waals surface area (Å²) < 4.78 is 22.8. The largest absolute Gasteiger partial charge is 0.394 e. The van der Waals surface area contributed by atoms with E-state index in [2.05, 4.69) is 67.8 Å². The van der Waals surface area contributed by atoms with Gasteiger partial charge in [-0.25, -0.2) is 0 Å². The van der Waals surface area contributed by atoms with Gasteiger partial charge in [-0.2, -0.15) is 0 Å². The Hall–Kier alpha value is -2.31. The smallest absolute Gasteiger partial charge is 0.220 e. The van der Waals surface area contributed by atoms with Crippen molar-refractivity contribution in [3.8, 4) is 0 Å². The average molecular weight is 1130 g/mol. The Labute approximate surface area is 486 Å². The van der Waals surface area contributed by atoms with Gasteiger partial charge in [0.2, 0.25) is 5.91 Å². The maximum Gasteiger partial charge on any atom is 0.220 e. The summed E-state index contributed by atoms with van der Waals surface area (Å²) in [5.41, 5.74) is 0. The van der Waals surface area contributed by atoms with Gasteiger partial charge >= 0.3 is 0 Å². The number of nitrogens with one attached hydrogen (secondary N) is 1. The summed E-state index contributed by atoms with van der Waals surface area (Å²) in [6.45, 7) is 2.71. The lowest BCUT2D eigenvalue weighted by atomic mass is 9.97. The Morgan fingerprint density at radius 3 is 1.32 bits per heavy atom. The van der Waals surface area contributed by atoms with Crippen molar-refractivity contribution in [3.05, 3.63) is 60.8 Å². The van der Waals surface area contributed by atoms with Gasteiger partial charge in [0, 0.05) is 6.42 Å². The molecule has 466 valence electrons. The van der Waals surface area contributed by atoms with E-state index in [-0.39, 0.29) is 18.9 Å². The van der Waals surface area contributed by atoms with E-state index in [0.717, 1.165) is 70.6 Å². The molecule has 80 heavy (non-hydrogen) atoms. The number of unbranched alkanes of at least 4 members (excludes halogenated alkanes) is 31. The number of rotatable bonds is 52. The van der Waals surface area contributed by atoms with Crippen LogP contribution in [0.1, 0.15) is 258 Å². The van der Waals surface area contributed by atoms with Crippen LogP contribution in [0.3, 0.4) is 0 Å². The molecule has 0 aromatic carbocycles. The van der Waals surface area contributed by atoms with Crippen molar-refractivity contribution in [2.24, 2.45) is 0 Å². The summed E-state index contributed by atoms with van der Waals surface area (Å²) in [7, 11) is 0. The molecule has 1 amide bonds. The fraction of sp³-hybridized carbons (Fsp3) is 0.833. The van der Waals surface area contributed by atoms with Crippen molar-refractivity contribution < 1.29 is 64.6 Å². The Bertz CT molecular complexity index is 1570. The minimum absolute atomic E-state index is 0.243. The molecule has 2 aliphatic heterocycles. The summed E-state index contributed by atoms with van der Waals surface area (Å²) in [6, 6.07) is -0.920. The normalized spacial score (nSPS) is 24.6. The summed E-state index contributed by atoms with van der Waals surface area (Å²) in [6.07, 6.45) is 49.7. The number of allylic oxidation sites excluding steroid dienone is 9. The van der Waals surface area contributed by atoms with Crippen LogP contribution in [0.15, 0.2) is 60.8 Å². The van der Waals surface area contributed by atoms with Gasteiger partial charge < -0.3 is 65.1 Å². The predicted octanol–water partition coefficient (Wildman–Crippen LogP) is 12.1. The van der Waals surface area contributed by atoms with E-state index in [4.69, 9.17) is 18.9 Å². The van der Waals surface area contributed by atoms with Crippen LogP contribution in [0.25, 0.3) is 0 Å². The van der Waals surface area contributed by atoms with E-state index in [0.29, 0.717) is 6.42 Å². The predicted molar refractivity (Wildman–Crippen MR) is 323 cm³/mol. The maximum atomic E-state index is 13.3. The number of aliphatic hydroxyl groups is 8. The minimum atomic E-state index is -1.79. The molecule has 0 aromatic rings. The topological polar surface area (TPSA) is 228 Å². The Balaban J connectivity index is 1.73. The van der Waals surface area contributed by atoms with Gasteiger partial charge in [-0.3, -0.25) is 4.79 Å². The lowest BCUT2D eigenvalue weighted by Crippen LogP contribution is -2.65. The highest BCUT2D eigenvalue weighted by Gasteiger charge is 2.51. The molecular weight excluding hydrogens is 1010 g/mol. The first kappa shape index (κ1) is 73.8. The molecule has 0 radical (unpaired) electrons. The third-order valence-electron chi connectivity index (χ3n) is 15.7. The van der Waals surface area contributed by atoms with Gasteiger partial charge in [-0.05, 0) is 57.8 Å². The van der Waals surface area contributed by atoms with Gasteiger partial charge in [0.05, 0.1) is 32.0 Å². The van der Waals surface area contributed by atoms with Crippen LogP contribution in [-0.4, -0.2) is 140 Å². The highest BCUT2D eigenvalue weighted by Crippen LogP contribution is 2.30. The molecule has 9 N–H and O–H groups in total. The second-order valence-corrected chi connectivity index (χ2v) is 22.9. The highest BCUT2D eigenvalue weighted by atomic mass is 16.7. The molecular formula is C66H119NO13. The number of hydrogen-bond acceptors (Lipinski definition) is 13. The zero-order valence-electron chi connectivity index (χ0n) is 50.3. The molecule has 0 spiro atoms. The number of carbonyl (C=O) groups excluding carboxylic acids is 1. The lowest BCUT2D eigenvalue weighted by molar-refractivity contribution is -0.359. The molecule has 2 saturated heterocycles. The summed E-state index contributed by atoms with van der Waals surface area (Å²) in [4.78, 5) is 13.3. The zero-order valence-corrected chi connectivity index (χ0v) is 50.3. The quantitative estimate of drug-likeness (QED) is 0.0204. The standard InChI is InChI=1S/C66H119NO13/c1-3-5-7-9-11-13-15-17-19-21-23-25-27-29-31-33-35-37-39-41-43-45-47-49-55(70)54(53-77-65-63(76)61(74)64(57(52-69)79-65)80-66-62(75)60(73)59(72)56(51-68)78-66)67-58(71)50-48-46-44-42-40-38-36-34-32-30-28-26-24-22-20-18-16-14-12-10-8-6-4-2/h6,8,12,14,18,20,24,26,47,49,54-57,59-66,68-70,72-76H,3-5,7,9-11,13,15-17,19,21-23,25,27-46,48,50-53H2,1-2H3,(H,67,71)/b8-6-,14-12-,20-18-,26-24-,49-47+. The first-order valence-electron chi connectivity index (χ1n) is 32.5. The first-order chi connectivity index (χ1) is 39.1. The monoisotopic (exact) mass is 1130 g/mol. The van der Waals surface area contributed by atoms with Crippen molar-refractivity contribution in [3.63, 3.8) is 0 Å². The summed E-state index contributed by atoms with van der Waals surface area (Å²) in [5.74, 6) is -0.243. The van der Waals surface area contributed by atoms with Crippen molar-refractivity contribution in [2.45, 2.75) is 331 Å². The number of carbonyl (C=O) groups is 1. The van der Waals surface area contributed by atoms with Gasteiger partial charge in [0.25, 0.3) is 0 Å². The van der Waals surface area contributed by atoms with E-state index < -0.39 is 86.8 Å². The van der Waals surface area contributed by atoms with Gasteiger partial charge in [0.1, 0.15) is 48.8 Å². The van der Waals surface area contributed by atoms with Crippen molar-refractivity contribution in [2.75, 3.05) is 19.8 Å². The number of amides is 1. The maximum absolute atomic E-state index is 13.3. The van der Waals surface area contributed by atoms with Crippen LogP contribution >= 0.6 is 0 Å². The van der Waals surface area contributed by atoms with Gasteiger partial charge in [-0.1, -0.05) is 254 Å². The van der Waals surface area contributed by atoms with Crippen molar-refractivity contribution in [1.82, 2.24) is 5.32 Å².